The Morgan fingerprint density at radius 1 is 1.06 bits per heavy atom. The molecule has 4 rings (SSSR count). The number of carbonyl (C=O) groups is 2. The third kappa shape index (κ3) is 5.66. The van der Waals surface area contributed by atoms with Gasteiger partial charge < -0.3 is 14.5 Å². The summed E-state index contributed by atoms with van der Waals surface area (Å²) < 4.78 is 5.44. The normalized spacial score (nSPS) is 23.5. The van der Waals surface area contributed by atoms with Gasteiger partial charge in [-0.25, -0.2) is 0 Å². The van der Waals surface area contributed by atoms with Crippen molar-refractivity contribution in [3.05, 3.63) is 29.8 Å². The highest BCUT2D eigenvalue weighted by atomic mass is 16.5. The van der Waals surface area contributed by atoms with Crippen LogP contribution in [0.2, 0.25) is 0 Å². The predicted molar refractivity (Wildman–Crippen MR) is 122 cm³/mol. The first-order chi connectivity index (χ1) is 15.1. The molecule has 31 heavy (non-hydrogen) atoms. The average molecular weight is 428 g/mol. The van der Waals surface area contributed by atoms with Gasteiger partial charge in [-0.2, -0.15) is 0 Å². The predicted octanol–water partition coefficient (Wildman–Crippen LogP) is 2.95. The Hall–Kier alpha value is -1.92. The fourth-order valence-corrected chi connectivity index (χ4v) is 5.09. The van der Waals surface area contributed by atoms with Crippen molar-refractivity contribution < 1.29 is 14.3 Å². The quantitative estimate of drug-likeness (QED) is 0.671. The maximum absolute atomic E-state index is 13.1. The SMILES string of the molecule is CCCCc1ccc(N2CC(C(=O)N3CCC(CN4CCOCC4)CC3)CC2=O)cc1. The van der Waals surface area contributed by atoms with Crippen molar-refractivity contribution in [3.63, 3.8) is 0 Å². The van der Waals surface area contributed by atoms with E-state index in [9.17, 15) is 9.59 Å². The zero-order valence-electron chi connectivity index (χ0n) is 18.9. The molecule has 0 N–H and O–H groups in total. The third-order valence-corrected chi connectivity index (χ3v) is 7.09. The zero-order chi connectivity index (χ0) is 21.6. The minimum atomic E-state index is -0.205. The van der Waals surface area contributed by atoms with Gasteiger partial charge in [-0.3, -0.25) is 14.5 Å². The number of anilines is 1. The van der Waals surface area contributed by atoms with Crippen LogP contribution in [-0.4, -0.2) is 74.1 Å². The summed E-state index contributed by atoms with van der Waals surface area (Å²) in [6.45, 7) is 9.21. The first kappa shape index (κ1) is 22.3. The maximum Gasteiger partial charge on any atom is 0.228 e. The molecule has 0 saturated carbocycles. The Morgan fingerprint density at radius 2 is 1.77 bits per heavy atom. The van der Waals surface area contributed by atoms with Crippen LogP contribution >= 0.6 is 0 Å². The van der Waals surface area contributed by atoms with E-state index >= 15 is 0 Å². The molecule has 2 amide bonds. The van der Waals surface area contributed by atoms with Crippen molar-refractivity contribution >= 4 is 17.5 Å². The molecule has 3 aliphatic rings. The van der Waals surface area contributed by atoms with E-state index in [1.54, 1.807) is 4.90 Å². The van der Waals surface area contributed by atoms with E-state index in [1.165, 1.54) is 18.4 Å². The Morgan fingerprint density at radius 3 is 2.45 bits per heavy atom. The van der Waals surface area contributed by atoms with Gasteiger partial charge in [0.1, 0.15) is 0 Å². The van der Waals surface area contributed by atoms with Crippen molar-refractivity contribution in [2.75, 3.05) is 57.4 Å². The molecule has 0 aliphatic carbocycles. The van der Waals surface area contributed by atoms with E-state index in [0.717, 1.165) is 70.9 Å². The minimum Gasteiger partial charge on any atom is -0.379 e. The topological polar surface area (TPSA) is 53.1 Å². The summed E-state index contributed by atoms with van der Waals surface area (Å²) in [5, 5.41) is 0. The van der Waals surface area contributed by atoms with Crippen molar-refractivity contribution in [3.8, 4) is 0 Å². The number of morpholine rings is 1. The summed E-state index contributed by atoms with van der Waals surface area (Å²) in [5.41, 5.74) is 2.23. The number of unbranched alkanes of at least 4 members (excludes halogenated alkanes) is 1. The van der Waals surface area contributed by atoms with E-state index in [-0.39, 0.29) is 17.7 Å². The molecule has 0 radical (unpaired) electrons. The van der Waals surface area contributed by atoms with Crippen molar-refractivity contribution in [2.45, 2.75) is 45.4 Å². The van der Waals surface area contributed by atoms with Crippen LogP contribution in [0.25, 0.3) is 0 Å². The summed E-state index contributed by atoms with van der Waals surface area (Å²) in [7, 11) is 0. The summed E-state index contributed by atoms with van der Waals surface area (Å²) >= 11 is 0. The lowest BCUT2D eigenvalue weighted by atomic mass is 9.94. The number of hydrogen-bond acceptors (Lipinski definition) is 4. The molecule has 0 aromatic heterocycles. The molecule has 3 fully saturated rings. The van der Waals surface area contributed by atoms with Crippen LogP contribution < -0.4 is 4.90 Å². The standard InChI is InChI=1S/C25H37N3O3/c1-2-3-4-20-5-7-23(8-6-20)28-19-22(17-24(28)29)25(30)27-11-9-21(10-12-27)18-26-13-15-31-16-14-26/h5-8,21-22H,2-4,9-19H2,1H3. The number of ether oxygens (including phenoxy) is 1. The molecular weight excluding hydrogens is 390 g/mol. The number of piperidine rings is 1. The second kappa shape index (κ2) is 10.6. The van der Waals surface area contributed by atoms with Gasteiger partial charge in [0.15, 0.2) is 0 Å². The maximum atomic E-state index is 13.1. The van der Waals surface area contributed by atoms with Crippen LogP contribution in [-0.2, 0) is 20.7 Å². The van der Waals surface area contributed by atoms with Gasteiger partial charge in [-0.05, 0) is 49.3 Å². The molecule has 0 spiro atoms. The van der Waals surface area contributed by atoms with Crippen molar-refractivity contribution in [1.82, 2.24) is 9.80 Å². The Bertz CT molecular complexity index is 737. The highest BCUT2D eigenvalue weighted by Gasteiger charge is 2.38. The number of aryl methyl sites for hydroxylation is 1. The van der Waals surface area contributed by atoms with Crippen LogP contribution in [0, 0.1) is 11.8 Å². The van der Waals surface area contributed by atoms with Crippen LogP contribution in [0.15, 0.2) is 24.3 Å². The number of amides is 2. The van der Waals surface area contributed by atoms with E-state index < -0.39 is 0 Å². The second-order valence-electron chi connectivity index (χ2n) is 9.36. The summed E-state index contributed by atoms with van der Waals surface area (Å²) in [5.74, 6) is 0.695. The lowest BCUT2D eigenvalue weighted by Crippen LogP contribution is -2.46. The number of nitrogens with zero attached hydrogens (tertiary/aromatic N) is 3. The fourth-order valence-electron chi connectivity index (χ4n) is 5.09. The number of hydrogen-bond donors (Lipinski definition) is 0. The van der Waals surface area contributed by atoms with Gasteiger partial charge >= 0.3 is 0 Å². The first-order valence-electron chi connectivity index (χ1n) is 12.1. The van der Waals surface area contributed by atoms with E-state index in [4.69, 9.17) is 4.74 Å². The number of benzene rings is 1. The van der Waals surface area contributed by atoms with Gasteiger partial charge in [0.25, 0.3) is 0 Å². The van der Waals surface area contributed by atoms with Crippen LogP contribution in [0.1, 0.15) is 44.6 Å². The Labute approximate surface area is 186 Å². The van der Waals surface area contributed by atoms with Crippen molar-refractivity contribution in [2.24, 2.45) is 11.8 Å². The van der Waals surface area contributed by atoms with E-state index in [1.807, 2.05) is 17.0 Å². The molecule has 6 heteroatoms. The number of carbonyl (C=O) groups excluding carboxylic acids is 2. The molecule has 1 unspecified atom stereocenters. The summed E-state index contributed by atoms with van der Waals surface area (Å²) in [4.78, 5) is 32.1. The number of rotatable bonds is 7. The monoisotopic (exact) mass is 427 g/mol. The lowest BCUT2D eigenvalue weighted by molar-refractivity contribution is -0.137. The van der Waals surface area contributed by atoms with Crippen LogP contribution in [0.3, 0.4) is 0 Å². The molecule has 1 aromatic carbocycles. The molecule has 1 aromatic rings. The van der Waals surface area contributed by atoms with Gasteiger partial charge in [0, 0.05) is 51.4 Å². The second-order valence-corrected chi connectivity index (χ2v) is 9.36. The smallest absolute Gasteiger partial charge is 0.228 e. The molecule has 170 valence electrons. The molecule has 3 aliphatic heterocycles. The van der Waals surface area contributed by atoms with E-state index in [2.05, 4.69) is 24.0 Å². The molecular formula is C25H37N3O3. The highest BCUT2D eigenvalue weighted by Crippen LogP contribution is 2.28. The molecule has 1 atom stereocenters. The van der Waals surface area contributed by atoms with Gasteiger partial charge in [-0.1, -0.05) is 25.5 Å². The fraction of sp³-hybridized carbons (Fsp3) is 0.680. The Kier molecular flexibility index (Phi) is 7.62. The Balaban J connectivity index is 1.26. The number of likely N-dealkylation sites (tertiary alicyclic amines) is 1. The van der Waals surface area contributed by atoms with Gasteiger partial charge in [-0.15, -0.1) is 0 Å². The minimum absolute atomic E-state index is 0.0712. The average Bonchev–Trinajstić information content (AvgIpc) is 3.20. The summed E-state index contributed by atoms with van der Waals surface area (Å²) in [6.07, 6.45) is 5.90. The largest absolute Gasteiger partial charge is 0.379 e. The van der Waals surface area contributed by atoms with Crippen LogP contribution in [0.4, 0.5) is 5.69 Å². The zero-order valence-corrected chi connectivity index (χ0v) is 18.9. The van der Waals surface area contributed by atoms with E-state index in [0.29, 0.717) is 18.9 Å². The van der Waals surface area contributed by atoms with Gasteiger partial charge in [0.2, 0.25) is 11.8 Å². The summed E-state index contributed by atoms with van der Waals surface area (Å²) in [6, 6.07) is 8.30. The molecule has 0 bridgehead atoms. The molecule has 6 nitrogen and oxygen atoms in total. The highest BCUT2D eigenvalue weighted by molar-refractivity contribution is 6.00. The lowest BCUT2D eigenvalue weighted by Gasteiger charge is -2.36. The van der Waals surface area contributed by atoms with Crippen LogP contribution in [0.5, 0.6) is 0 Å². The molecule has 3 heterocycles. The molecule has 3 saturated heterocycles. The van der Waals surface area contributed by atoms with Crippen molar-refractivity contribution in [1.29, 1.82) is 0 Å². The van der Waals surface area contributed by atoms with Gasteiger partial charge in [0.05, 0.1) is 19.1 Å². The first-order valence-corrected chi connectivity index (χ1v) is 12.1. The third-order valence-electron chi connectivity index (χ3n) is 7.09.